The van der Waals surface area contributed by atoms with Crippen molar-refractivity contribution in [1.82, 2.24) is 10.1 Å². The normalized spacial score (nSPS) is 10.0. The van der Waals surface area contributed by atoms with Gasteiger partial charge in [-0.05, 0) is 0 Å². The van der Waals surface area contributed by atoms with E-state index in [1.807, 2.05) is 0 Å². The molecule has 1 rings (SSSR count). The zero-order valence-electron chi connectivity index (χ0n) is 7.10. The molecule has 0 radical (unpaired) electrons. The van der Waals surface area contributed by atoms with Gasteiger partial charge in [-0.1, -0.05) is 5.16 Å². The highest BCUT2D eigenvalue weighted by Gasteiger charge is 2.09. The topological polar surface area (TPSA) is 86.8 Å². The van der Waals surface area contributed by atoms with Gasteiger partial charge in [0.15, 0.2) is 5.76 Å². The van der Waals surface area contributed by atoms with Gasteiger partial charge in [0.25, 0.3) is 0 Å². The second-order valence-corrected chi connectivity index (χ2v) is 2.58. The summed E-state index contributed by atoms with van der Waals surface area (Å²) in [6, 6.07) is 1.51. The van der Waals surface area contributed by atoms with Gasteiger partial charge in [0.1, 0.15) is 12.3 Å². The molecule has 1 aromatic rings. The van der Waals surface area contributed by atoms with Crippen LogP contribution < -0.4 is 0 Å². The SMILES string of the molecule is CN(Cc1cc(CO)on1)C(=O)O. The number of carbonyl (C=O) groups is 1. The Labute approximate surface area is 74.4 Å². The summed E-state index contributed by atoms with van der Waals surface area (Å²) < 4.78 is 4.67. The van der Waals surface area contributed by atoms with Crippen molar-refractivity contribution in [2.24, 2.45) is 0 Å². The van der Waals surface area contributed by atoms with E-state index in [1.165, 1.54) is 13.1 Å². The molecule has 6 nitrogen and oxygen atoms in total. The van der Waals surface area contributed by atoms with Crippen molar-refractivity contribution in [3.63, 3.8) is 0 Å². The quantitative estimate of drug-likeness (QED) is 0.707. The van der Waals surface area contributed by atoms with Gasteiger partial charge in [0.05, 0.1) is 6.54 Å². The van der Waals surface area contributed by atoms with Crippen LogP contribution in [0.15, 0.2) is 10.6 Å². The van der Waals surface area contributed by atoms with Crippen LogP contribution in [0.5, 0.6) is 0 Å². The molecule has 0 unspecified atom stereocenters. The van der Waals surface area contributed by atoms with Crippen molar-refractivity contribution >= 4 is 6.09 Å². The third-order valence-electron chi connectivity index (χ3n) is 1.49. The van der Waals surface area contributed by atoms with Crippen LogP contribution >= 0.6 is 0 Å². The molecule has 6 heteroatoms. The lowest BCUT2D eigenvalue weighted by Crippen LogP contribution is -2.23. The van der Waals surface area contributed by atoms with E-state index in [9.17, 15) is 4.79 Å². The minimum Gasteiger partial charge on any atom is -0.465 e. The van der Waals surface area contributed by atoms with Crippen LogP contribution in [0.1, 0.15) is 11.5 Å². The summed E-state index contributed by atoms with van der Waals surface area (Å²) in [5.41, 5.74) is 0.481. The predicted octanol–water partition coefficient (Wildman–Crippen LogP) is 0.277. The fourth-order valence-electron chi connectivity index (χ4n) is 0.815. The van der Waals surface area contributed by atoms with Gasteiger partial charge in [-0.3, -0.25) is 0 Å². The first-order chi connectivity index (χ1) is 6.13. The number of amides is 1. The average molecular weight is 186 g/mol. The van der Waals surface area contributed by atoms with Crippen LogP contribution in [0.25, 0.3) is 0 Å². The first kappa shape index (κ1) is 9.53. The number of rotatable bonds is 3. The summed E-state index contributed by atoms with van der Waals surface area (Å²) in [7, 11) is 1.43. The molecule has 0 atom stereocenters. The molecule has 0 saturated heterocycles. The second kappa shape index (κ2) is 3.90. The summed E-state index contributed by atoms with van der Waals surface area (Å²) in [4.78, 5) is 11.5. The van der Waals surface area contributed by atoms with E-state index in [2.05, 4.69) is 9.68 Å². The zero-order chi connectivity index (χ0) is 9.84. The van der Waals surface area contributed by atoms with Gasteiger partial charge in [0.2, 0.25) is 0 Å². The van der Waals surface area contributed by atoms with Crippen LogP contribution in [-0.2, 0) is 13.2 Å². The minimum absolute atomic E-state index is 0.152. The molecular formula is C7H10N2O4. The summed E-state index contributed by atoms with van der Waals surface area (Å²) in [5.74, 6) is 0.328. The Morgan fingerprint density at radius 3 is 2.92 bits per heavy atom. The molecule has 0 spiro atoms. The zero-order valence-corrected chi connectivity index (χ0v) is 7.10. The van der Waals surface area contributed by atoms with Crippen LogP contribution in [-0.4, -0.2) is 33.4 Å². The van der Waals surface area contributed by atoms with Crippen molar-refractivity contribution in [3.8, 4) is 0 Å². The molecule has 1 heterocycles. The van der Waals surface area contributed by atoms with Gasteiger partial charge >= 0.3 is 6.09 Å². The van der Waals surface area contributed by atoms with E-state index < -0.39 is 6.09 Å². The van der Waals surface area contributed by atoms with Crippen LogP contribution in [0.4, 0.5) is 4.79 Å². The number of hydrogen-bond donors (Lipinski definition) is 2. The highest BCUT2D eigenvalue weighted by Crippen LogP contribution is 2.05. The standard InChI is InChI=1S/C7H10N2O4/c1-9(7(11)12)3-5-2-6(4-10)13-8-5/h2,10H,3-4H2,1H3,(H,11,12). The van der Waals surface area contributed by atoms with Crippen molar-refractivity contribution in [1.29, 1.82) is 0 Å². The molecule has 13 heavy (non-hydrogen) atoms. The number of carboxylic acid groups (broad SMARTS) is 1. The number of aromatic nitrogens is 1. The Balaban J connectivity index is 2.58. The maximum atomic E-state index is 10.4. The summed E-state index contributed by atoms with van der Waals surface area (Å²) in [5, 5.41) is 20.7. The van der Waals surface area contributed by atoms with E-state index in [-0.39, 0.29) is 13.2 Å². The lowest BCUT2D eigenvalue weighted by molar-refractivity contribution is 0.152. The van der Waals surface area contributed by atoms with Crippen LogP contribution in [0.3, 0.4) is 0 Å². The monoisotopic (exact) mass is 186 g/mol. The number of aliphatic hydroxyl groups is 1. The Kier molecular flexibility index (Phi) is 2.86. The molecule has 0 fully saturated rings. The molecule has 0 saturated carbocycles. The van der Waals surface area contributed by atoms with Crippen molar-refractivity contribution in [2.45, 2.75) is 13.2 Å². The van der Waals surface area contributed by atoms with Gasteiger partial charge in [-0.15, -0.1) is 0 Å². The van der Waals surface area contributed by atoms with Crippen molar-refractivity contribution in [2.75, 3.05) is 7.05 Å². The smallest absolute Gasteiger partial charge is 0.407 e. The average Bonchev–Trinajstić information content (AvgIpc) is 2.52. The van der Waals surface area contributed by atoms with Crippen molar-refractivity contribution in [3.05, 3.63) is 17.5 Å². The van der Waals surface area contributed by atoms with E-state index in [1.54, 1.807) is 0 Å². The van der Waals surface area contributed by atoms with Gasteiger partial charge < -0.3 is 19.6 Å². The molecule has 72 valence electrons. The molecule has 0 aliphatic carbocycles. The first-order valence-electron chi connectivity index (χ1n) is 3.63. The number of nitrogens with zero attached hydrogens (tertiary/aromatic N) is 2. The van der Waals surface area contributed by atoms with E-state index in [0.717, 1.165) is 4.90 Å². The van der Waals surface area contributed by atoms with E-state index >= 15 is 0 Å². The molecule has 0 aliphatic heterocycles. The molecule has 0 bridgehead atoms. The minimum atomic E-state index is -1.03. The lowest BCUT2D eigenvalue weighted by Gasteiger charge is -2.09. The van der Waals surface area contributed by atoms with Crippen molar-refractivity contribution < 1.29 is 19.5 Å². The third-order valence-corrected chi connectivity index (χ3v) is 1.49. The van der Waals surface area contributed by atoms with E-state index in [0.29, 0.717) is 11.5 Å². The summed E-state index contributed by atoms with van der Waals surface area (Å²) in [6.45, 7) is -0.0807. The fourth-order valence-corrected chi connectivity index (χ4v) is 0.815. The number of aliphatic hydroxyl groups excluding tert-OH is 1. The summed E-state index contributed by atoms with van der Waals surface area (Å²) >= 11 is 0. The molecular weight excluding hydrogens is 176 g/mol. The fraction of sp³-hybridized carbons (Fsp3) is 0.429. The first-order valence-corrected chi connectivity index (χ1v) is 3.63. The van der Waals surface area contributed by atoms with Crippen LogP contribution in [0.2, 0.25) is 0 Å². The third kappa shape index (κ3) is 2.45. The largest absolute Gasteiger partial charge is 0.465 e. The highest BCUT2D eigenvalue weighted by molar-refractivity contribution is 5.64. The molecule has 0 aliphatic rings. The maximum Gasteiger partial charge on any atom is 0.407 e. The Morgan fingerprint density at radius 1 is 1.77 bits per heavy atom. The lowest BCUT2D eigenvalue weighted by atomic mass is 10.3. The van der Waals surface area contributed by atoms with Crippen LogP contribution in [0, 0.1) is 0 Å². The van der Waals surface area contributed by atoms with Gasteiger partial charge in [-0.2, -0.15) is 0 Å². The maximum absolute atomic E-state index is 10.4. The molecule has 1 amide bonds. The molecule has 1 aromatic heterocycles. The molecule has 0 aromatic carbocycles. The molecule has 2 N–H and O–H groups in total. The Bertz CT molecular complexity index is 296. The highest BCUT2D eigenvalue weighted by atomic mass is 16.5. The number of hydrogen-bond acceptors (Lipinski definition) is 4. The van der Waals surface area contributed by atoms with Gasteiger partial charge in [-0.25, -0.2) is 4.79 Å². The van der Waals surface area contributed by atoms with Gasteiger partial charge in [0, 0.05) is 13.1 Å². The Hall–Kier alpha value is -1.56. The Morgan fingerprint density at radius 2 is 2.46 bits per heavy atom. The van der Waals surface area contributed by atoms with E-state index in [4.69, 9.17) is 10.2 Å². The predicted molar refractivity (Wildman–Crippen MR) is 41.9 cm³/mol. The summed E-state index contributed by atoms with van der Waals surface area (Å²) in [6.07, 6.45) is -1.03. The second-order valence-electron chi connectivity index (χ2n) is 2.58.